The van der Waals surface area contributed by atoms with E-state index in [0.29, 0.717) is 10.6 Å². The molecule has 6 heteroatoms. The van der Waals surface area contributed by atoms with Crippen molar-refractivity contribution in [2.24, 2.45) is 5.41 Å². The predicted octanol–water partition coefficient (Wildman–Crippen LogP) is 4.33. The third-order valence-corrected chi connectivity index (χ3v) is 6.05. The molecule has 0 spiro atoms. The van der Waals surface area contributed by atoms with E-state index in [9.17, 15) is 8.42 Å². The minimum atomic E-state index is -3.62. The molecule has 5 nitrogen and oxygen atoms in total. The lowest BCUT2D eigenvalue weighted by Crippen LogP contribution is -2.19. The van der Waals surface area contributed by atoms with Crippen LogP contribution < -0.4 is 14.9 Å². The van der Waals surface area contributed by atoms with Gasteiger partial charge in [-0.05, 0) is 60.7 Å². The molecule has 0 saturated heterocycles. The third kappa shape index (κ3) is 4.75. The van der Waals surface area contributed by atoms with Crippen LogP contribution in [0.15, 0.2) is 47.4 Å². The summed E-state index contributed by atoms with van der Waals surface area (Å²) < 4.78 is 28.4. The highest BCUT2D eigenvalue weighted by Gasteiger charge is 2.22. The Labute approximate surface area is 162 Å². The molecule has 3 rings (SSSR count). The summed E-state index contributed by atoms with van der Waals surface area (Å²) in [6.07, 6.45) is 0.888. The van der Waals surface area contributed by atoms with E-state index in [1.165, 1.54) is 0 Å². The summed E-state index contributed by atoms with van der Waals surface area (Å²) in [4.78, 5) is 2.58. The smallest absolute Gasteiger partial charge is 0.261 e. The number of fused-ring (bicyclic) bond motifs is 1. The molecule has 146 valence electrons. The van der Waals surface area contributed by atoms with Gasteiger partial charge in [-0.25, -0.2) is 8.42 Å². The highest BCUT2D eigenvalue weighted by Crippen LogP contribution is 2.30. The largest absolute Gasteiger partial charge is 0.384 e. The first-order valence-corrected chi connectivity index (χ1v) is 10.9. The molecule has 0 atom stereocenters. The quantitative estimate of drug-likeness (QED) is 0.775. The molecular weight excluding hydrogens is 358 g/mol. The van der Waals surface area contributed by atoms with Gasteiger partial charge in [0.05, 0.1) is 10.6 Å². The molecule has 0 fully saturated rings. The second-order valence-electron chi connectivity index (χ2n) is 8.22. The second kappa shape index (κ2) is 7.43. The summed E-state index contributed by atoms with van der Waals surface area (Å²) >= 11 is 0. The Morgan fingerprint density at radius 3 is 2.52 bits per heavy atom. The molecule has 1 heterocycles. The maximum absolute atomic E-state index is 12.8. The molecule has 2 aromatic rings. The van der Waals surface area contributed by atoms with Crippen molar-refractivity contribution in [1.82, 2.24) is 0 Å². The average Bonchev–Trinajstić information content (AvgIpc) is 3.01. The summed E-state index contributed by atoms with van der Waals surface area (Å²) in [5, 5.41) is 3.36. The Morgan fingerprint density at radius 1 is 1.07 bits per heavy atom. The molecule has 0 saturated carbocycles. The first-order chi connectivity index (χ1) is 12.7. The van der Waals surface area contributed by atoms with Crippen molar-refractivity contribution in [3.05, 3.63) is 48.0 Å². The van der Waals surface area contributed by atoms with Crippen LogP contribution in [0.2, 0.25) is 0 Å². The Hall–Kier alpha value is -2.21. The van der Waals surface area contributed by atoms with Crippen LogP contribution in [-0.4, -0.2) is 28.1 Å². The fraction of sp³-hybridized carbons (Fsp3) is 0.429. The number of benzene rings is 2. The van der Waals surface area contributed by atoms with Crippen LogP contribution in [0.1, 0.15) is 33.3 Å². The molecule has 1 aliphatic rings. The molecule has 0 aliphatic carbocycles. The maximum Gasteiger partial charge on any atom is 0.261 e. The maximum atomic E-state index is 12.8. The van der Waals surface area contributed by atoms with E-state index >= 15 is 0 Å². The van der Waals surface area contributed by atoms with Gasteiger partial charge in [0.25, 0.3) is 10.0 Å². The van der Waals surface area contributed by atoms with Crippen LogP contribution in [0.25, 0.3) is 0 Å². The van der Waals surface area contributed by atoms with E-state index in [-0.39, 0.29) is 5.41 Å². The van der Waals surface area contributed by atoms with Crippen molar-refractivity contribution in [1.29, 1.82) is 0 Å². The predicted molar refractivity (Wildman–Crippen MR) is 113 cm³/mol. The van der Waals surface area contributed by atoms with Gasteiger partial charge in [-0.2, -0.15) is 0 Å². The van der Waals surface area contributed by atoms with E-state index in [1.54, 1.807) is 18.2 Å². The number of anilines is 3. The molecule has 2 N–H and O–H groups in total. The zero-order valence-corrected chi connectivity index (χ0v) is 17.4. The fourth-order valence-electron chi connectivity index (χ4n) is 3.22. The van der Waals surface area contributed by atoms with Gasteiger partial charge >= 0.3 is 0 Å². The third-order valence-electron chi connectivity index (χ3n) is 4.67. The fourth-order valence-corrected chi connectivity index (χ4v) is 4.32. The molecule has 2 aromatic carbocycles. The number of likely N-dealkylation sites (N-methyl/N-ethyl adjacent to an activating group) is 1. The Kier molecular flexibility index (Phi) is 5.38. The lowest BCUT2D eigenvalue weighted by atomic mass is 9.97. The van der Waals surface area contributed by atoms with Gasteiger partial charge in [-0.1, -0.05) is 26.8 Å². The van der Waals surface area contributed by atoms with Crippen LogP contribution in [0.3, 0.4) is 0 Å². The van der Waals surface area contributed by atoms with Crippen molar-refractivity contribution in [3.8, 4) is 0 Å². The van der Waals surface area contributed by atoms with E-state index in [2.05, 4.69) is 42.6 Å². The number of rotatable bonds is 6. The van der Waals surface area contributed by atoms with E-state index in [4.69, 9.17) is 0 Å². The molecular formula is C21H29N3O2S. The monoisotopic (exact) mass is 387 g/mol. The molecule has 0 amide bonds. The summed E-state index contributed by atoms with van der Waals surface area (Å²) in [7, 11) is -3.62. The van der Waals surface area contributed by atoms with Gasteiger partial charge in [0.1, 0.15) is 0 Å². The summed E-state index contributed by atoms with van der Waals surface area (Å²) in [6, 6.07) is 12.8. The standard InChI is InChI=1S/C21H29N3O2S/c1-5-24-12-11-16-13-19(9-10-20(16)24)27(25,26)23-18-8-6-7-17(14-18)22-15-21(2,3)4/h6-10,13-14,22-23H,5,11-12,15H2,1-4H3. The number of hydrogen-bond acceptors (Lipinski definition) is 4. The van der Waals surface area contributed by atoms with Crippen molar-refractivity contribution in [2.75, 3.05) is 34.6 Å². The van der Waals surface area contributed by atoms with Crippen LogP contribution in [0.5, 0.6) is 0 Å². The van der Waals surface area contributed by atoms with E-state index in [0.717, 1.165) is 43.0 Å². The SMILES string of the molecule is CCN1CCc2cc(S(=O)(=O)Nc3cccc(NCC(C)(C)C)c3)ccc21. The topological polar surface area (TPSA) is 61.4 Å². The normalized spacial score (nSPS) is 14.1. The summed E-state index contributed by atoms with van der Waals surface area (Å²) in [6.45, 7) is 11.3. The molecule has 0 radical (unpaired) electrons. The minimum absolute atomic E-state index is 0.145. The van der Waals surface area contributed by atoms with Gasteiger partial charge in [0.2, 0.25) is 0 Å². The Morgan fingerprint density at radius 2 is 1.81 bits per heavy atom. The highest BCUT2D eigenvalue weighted by molar-refractivity contribution is 7.92. The van der Waals surface area contributed by atoms with Crippen molar-refractivity contribution in [2.45, 2.75) is 39.0 Å². The first-order valence-electron chi connectivity index (χ1n) is 9.42. The molecule has 0 unspecified atom stereocenters. The van der Waals surface area contributed by atoms with E-state index in [1.807, 2.05) is 24.3 Å². The van der Waals surface area contributed by atoms with Crippen molar-refractivity contribution >= 4 is 27.1 Å². The van der Waals surface area contributed by atoms with Crippen molar-refractivity contribution in [3.63, 3.8) is 0 Å². The number of nitrogens with zero attached hydrogens (tertiary/aromatic N) is 1. The minimum Gasteiger partial charge on any atom is -0.384 e. The molecule has 27 heavy (non-hydrogen) atoms. The van der Waals surface area contributed by atoms with Crippen LogP contribution in [0, 0.1) is 5.41 Å². The molecule has 0 aromatic heterocycles. The second-order valence-corrected chi connectivity index (χ2v) is 9.90. The van der Waals surface area contributed by atoms with Gasteiger partial charge in [-0.15, -0.1) is 0 Å². The Bertz CT molecular complexity index is 917. The number of nitrogens with one attached hydrogen (secondary N) is 2. The van der Waals surface area contributed by atoms with E-state index < -0.39 is 10.0 Å². The number of hydrogen-bond donors (Lipinski definition) is 2. The zero-order valence-electron chi connectivity index (χ0n) is 16.5. The average molecular weight is 388 g/mol. The van der Waals surface area contributed by atoms with Gasteiger partial charge in [0.15, 0.2) is 0 Å². The summed E-state index contributed by atoms with van der Waals surface area (Å²) in [5.41, 5.74) is 3.85. The molecule has 1 aliphatic heterocycles. The highest BCUT2D eigenvalue weighted by atomic mass is 32.2. The summed E-state index contributed by atoms with van der Waals surface area (Å²) in [5.74, 6) is 0. The van der Waals surface area contributed by atoms with Crippen molar-refractivity contribution < 1.29 is 8.42 Å². The van der Waals surface area contributed by atoms with Gasteiger partial charge in [-0.3, -0.25) is 4.72 Å². The first kappa shape index (κ1) is 19.5. The van der Waals surface area contributed by atoms with Crippen LogP contribution >= 0.6 is 0 Å². The van der Waals surface area contributed by atoms with Crippen LogP contribution in [-0.2, 0) is 16.4 Å². The number of sulfonamides is 1. The zero-order chi connectivity index (χ0) is 19.7. The molecule has 0 bridgehead atoms. The lowest BCUT2D eigenvalue weighted by Gasteiger charge is -2.20. The van der Waals surface area contributed by atoms with Gasteiger partial charge in [0, 0.05) is 31.0 Å². The lowest BCUT2D eigenvalue weighted by molar-refractivity contribution is 0.443. The van der Waals surface area contributed by atoms with Crippen LogP contribution in [0.4, 0.5) is 17.1 Å². The Balaban J connectivity index is 1.77. The van der Waals surface area contributed by atoms with Gasteiger partial charge < -0.3 is 10.2 Å².